The second kappa shape index (κ2) is 6.58. The minimum absolute atomic E-state index is 0.0101. The number of benzene rings is 2. The van der Waals surface area contributed by atoms with Crippen LogP contribution in [0.1, 0.15) is 11.1 Å². The van der Waals surface area contributed by atoms with Crippen molar-refractivity contribution >= 4 is 21.6 Å². The van der Waals surface area contributed by atoms with Crippen molar-refractivity contribution in [1.29, 1.82) is 0 Å². The van der Waals surface area contributed by atoms with Crippen LogP contribution in [-0.4, -0.2) is 12.0 Å². The SMILES string of the molecule is COc1cccc([N+](=O)[O-])c1COc1ccc(Br)cc1C. The van der Waals surface area contributed by atoms with E-state index < -0.39 is 4.92 Å². The highest BCUT2D eigenvalue weighted by Gasteiger charge is 2.19. The van der Waals surface area contributed by atoms with Crippen LogP contribution in [0, 0.1) is 17.0 Å². The van der Waals surface area contributed by atoms with Gasteiger partial charge in [0.15, 0.2) is 0 Å². The van der Waals surface area contributed by atoms with Gasteiger partial charge >= 0.3 is 0 Å². The number of aryl methyl sites for hydroxylation is 1. The summed E-state index contributed by atoms with van der Waals surface area (Å²) in [6.07, 6.45) is 0. The summed E-state index contributed by atoms with van der Waals surface area (Å²) >= 11 is 3.38. The molecule has 0 amide bonds. The first kappa shape index (κ1) is 15.3. The number of ether oxygens (including phenoxy) is 2. The molecule has 0 bridgehead atoms. The van der Waals surface area contributed by atoms with Crippen molar-refractivity contribution in [2.45, 2.75) is 13.5 Å². The summed E-state index contributed by atoms with van der Waals surface area (Å²) in [5.74, 6) is 1.12. The molecule has 0 saturated heterocycles. The number of hydrogen-bond acceptors (Lipinski definition) is 4. The third-order valence-corrected chi connectivity index (χ3v) is 3.53. The quantitative estimate of drug-likeness (QED) is 0.596. The number of halogens is 1. The Hall–Kier alpha value is -2.08. The molecule has 0 atom stereocenters. The van der Waals surface area contributed by atoms with Gasteiger partial charge in [0.2, 0.25) is 0 Å². The first-order valence-electron chi connectivity index (χ1n) is 6.22. The molecule has 0 aliphatic rings. The van der Waals surface area contributed by atoms with Gasteiger partial charge < -0.3 is 9.47 Å². The molecular weight excluding hydrogens is 338 g/mol. The van der Waals surface area contributed by atoms with E-state index in [4.69, 9.17) is 9.47 Å². The number of methoxy groups -OCH3 is 1. The molecule has 0 saturated carbocycles. The fourth-order valence-corrected chi connectivity index (χ4v) is 2.46. The van der Waals surface area contributed by atoms with Crippen LogP contribution < -0.4 is 9.47 Å². The lowest BCUT2D eigenvalue weighted by Crippen LogP contribution is -2.04. The normalized spacial score (nSPS) is 10.2. The van der Waals surface area contributed by atoms with Crippen LogP contribution in [0.4, 0.5) is 5.69 Å². The van der Waals surface area contributed by atoms with Gasteiger partial charge in [0.1, 0.15) is 23.7 Å². The van der Waals surface area contributed by atoms with Gasteiger partial charge in [-0.3, -0.25) is 10.1 Å². The van der Waals surface area contributed by atoms with Gasteiger partial charge in [-0.1, -0.05) is 22.0 Å². The average molecular weight is 352 g/mol. The summed E-state index contributed by atoms with van der Waals surface area (Å²) in [7, 11) is 1.48. The molecule has 2 aromatic rings. The highest BCUT2D eigenvalue weighted by Crippen LogP contribution is 2.30. The molecule has 0 aliphatic carbocycles. The fourth-order valence-electron chi connectivity index (χ4n) is 1.99. The molecule has 6 heteroatoms. The standard InChI is InChI=1S/C15H14BrNO4/c1-10-8-11(16)6-7-14(10)21-9-12-13(17(18)19)4-3-5-15(12)20-2/h3-8H,9H2,1-2H3. The zero-order chi connectivity index (χ0) is 15.4. The Balaban J connectivity index is 2.28. The Bertz CT molecular complexity index is 673. The van der Waals surface area contributed by atoms with E-state index in [-0.39, 0.29) is 12.3 Å². The number of hydrogen-bond donors (Lipinski definition) is 0. The second-order valence-electron chi connectivity index (χ2n) is 4.41. The van der Waals surface area contributed by atoms with Crippen LogP contribution >= 0.6 is 15.9 Å². The minimum Gasteiger partial charge on any atom is -0.496 e. The van der Waals surface area contributed by atoms with Gasteiger partial charge in [0.05, 0.1) is 12.0 Å². The van der Waals surface area contributed by atoms with Crippen LogP contribution in [-0.2, 0) is 6.61 Å². The molecule has 0 aromatic heterocycles. The molecule has 0 heterocycles. The Morgan fingerprint density at radius 2 is 2.00 bits per heavy atom. The first-order chi connectivity index (χ1) is 10.0. The van der Waals surface area contributed by atoms with Gasteiger partial charge in [0, 0.05) is 10.5 Å². The summed E-state index contributed by atoms with van der Waals surface area (Å²) in [6.45, 7) is 1.99. The van der Waals surface area contributed by atoms with E-state index in [0.29, 0.717) is 17.1 Å². The Kier molecular flexibility index (Phi) is 4.80. The molecule has 0 spiro atoms. The summed E-state index contributed by atoms with van der Waals surface area (Å²) < 4.78 is 11.8. The number of rotatable bonds is 5. The zero-order valence-electron chi connectivity index (χ0n) is 11.6. The Morgan fingerprint density at radius 1 is 1.24 bits per heavy atom. The summed E-state index contributed by atoms with van der Waals surface area (Å²) in [6, 6.07) is 10.3. The van der Waals surface area contributed by atoms with Crippen molar-refractivity contribution < 1.29 is 14.4 Å². The average Bonchev–Trinajstić information content (AvgIpc) is 2.45. The molecular formula is C15H14BrNO4. The highest BCUT2D eigenvalue weighted by molar-refractivity contribution is 9.10. The van der Waals surface area contributed by atoms with E-state index >= 15 is 0 Å². The summed E-state index contributed by atoms with van der Waals surface area (Å²) in [5.41, 5.74) is 1.36. The van der Waals surface area contributed by atoms with Crippen molar-refractivity contribution in [3.8, 4) is 11.5 Å². The number of nitro benzene ring substituents is 1. The summed E-state index contributed by atoms with van der Waals surface area (Å²) in [5, 5.41) is 11.1. The Labute approximate surface area is 130 Å². The highest BCUT2D eigenvalue weighted by atomic mass is 79.9. The molecule has 2 rings (SSSR count). The van der Waals surface area contributed by atoms with Gasteiger partial charge in [-0.15, -0.1) is 0 Å². The molecule has 5 nitrogen and oxygen atoms in total. The molecule has 0 unspecified atom stereocenters. The third kappa shape index (κ3) is 3.52. The maximum Gasteiger partial charge on any atom is 0.279 e. The molecule has 0 radical (unpaired) electrons. The van der Waals surface area contributed by atoms with Crippen molar-refractivity contribution in [3.05, 3.63) is 62.1 Å². The molecule has 0 fully saturated rings. The second-order valence-corrected chi connectivity index (χ2v) is 5.33. The van der Waals surface area contributed by atoms with E-state index in [1.54, 1.807) is 12.1 Å². The van der Waals surface area contributed by atoms with Crippen molar-refractivity contribution in [2.75, 3.05) is 7.11 Å². The predicted octanol–water partition coefficient (Wildman–Crippen LogP) is 4.25. The van der Waals surface area contributed by atoms with Gasteiger partial charge in [0.25, 0.3) is 5.69 Å². The van der Waals surface area contributed by atoms with Gasteiger partial charge in [-0.25, -0.2) is 0 Å². The van der Waals surface area contributed by atoms with Crippen LogP contribution in [0.15, 0.2) is 40.9 Å². The lowest BCUT2D eigenvalue weighted by molar-refractivity contribution is -0.385. The van der Waals surface area contributed by atoms with E-state index in [1.165, 1.54) is 13.2 Å². The van der Waals surface area contributed by atoms with Crippen LogP contribution in [0.2, 0.25) is 0 Å². The smallest absolute Gasteiger partial charge is 0.279 e. The zero-order valence-corrected chi connectivity index (χ0v) is 13.2. The first-order valence-corrected chi connectivity index (χ1v) is 7.01. The maximum absolute atomic E-state index is 11.1. The largest absolute Gasteiger partial charge is 0.496 e. The third-order valence-electron chi connectivity index (χ3n) is 3.03. The molecule has 0 N–H and O–H groups in total. The van der Waals surface area contributed by atoms with Gasteiger partial charge in [-0.2, -0.15) is 0 Å². The minimum atomic E-state index is -0.435. The van der Waals surface area contributed by atoms with Crippen molar-refractivity contribution in [1.82, 2.24) is 0 Å². The van der Waals surface area contributed by atoms with Crippen LogP contribution in [0.5, 0.6) is 11.5 Å². The predicted molar refractivity (Wildman–Crippen MR) is 82.9 cm³/mol. The lowest BCUT2D eigenvalue weighted by atomic mass is 10.1. The van der Waals surface area contributed by atoms with Crippen molar-refractivity contribution in [3.63, 3.8) is 0 Å². The van der Waals surface area contributed by atoms with E-state index in [1.807, 2.05) is 25.1 Å². The van der Waals surface area contributed by atoms with E-state index in [9.17, 15) is 10.1 Å². The fraction of sp³-hybridized carbons (Fsp3) is 0.200. The van der Waals surface area contributed by atoms with Crippen molar-refractivity contribution in [2.24, 2.45) is 0 Å². The van der Waals surface area contributed by atoms with Gasteiger partial charge in [-0.05, 0) is 36.8 Å². The lowest BCUT2D eigenvalue weighted by Gasteiger charge is -2.12. The summed E-state index contributed by atoms with van der Waals surface area (Å²) in [4.78, 5) is 10.7. The van der Waals surface area contributed by atoms with E-state index in [2.05, 4.69) is 15.9 Å². The molecule has 110 valence electrons. The monoisotopic (exact) mass is 351 g/mol. The topological polar surface area (TPSA) is 61.6 Å². The Morgan fingerprint density at radius 3 is 2.62 bits per heavy atom. The molecule has 0 aliphatic heterocycles. The number of nitrogens with zero attached hydrogens (tertiary/aromatic N) is 1. The number of nitro groups is 1. The molecule has 21 heavy (non-hydrogen) atoms. The maximum atomic E-state index is 11.1. The van der Waals surface area contributed by atoms with Crippen LogP contribution in [0.25, 0.3) is 0 Å². The molecule has 2 aromatic carbocycles. The van der Waals surface area contributed by atoms with Crippen LogP contribution in [0.3, 0.4) is 0 Å². The van der Waals surface area contributed by atoms with E-state index in [0.717, 1.165) is 10.0 Å².